The molecule has 0 spiro atoms. The van der Waals surface area contributed by atoms with E-state index in [0.717, 1.165) is 25.9 Å². The average Bonchev–Trinajstić information content (AvgIpc) is 2.34. The lowest BCUT2D eigenvalue weighted by atomic mass is 10.0. The maximum atomic E-state index is 11.6. The van der Waals surface area contributed by atoms with Crippen LogP contribution in [0.4, 0.5) is 0 Å². The summed E-state index contributed by atoms with van der Waals surface area (Å²) in [4.78, 5) is 11.6. The van der Waals surface area contributed by atoms with E-state index in [9.17, 15) is 4.79 Å². The van der Waals surface area contributed by atoms with Gasteiger partial charge in [0.05, 0.1) is 0 Å². The lowest BCUT2D eigenvalue weighted by Gasteiger charge is -2.23. The van der Waals surface area contributed by atoms with Gasteiger partial charge in [-0.3, -0.25) is 4.79 Å². The minimum absolute atomic E-state index is 0.215. The molecule has 1 fully saturated rings. The zero-order chi connectivity index (χ0) is 11.8. The second-order valence-corrected chi connectivity index (χ2v) is 5.00. The summed E-state index contributed by atoms with van der Waals surface area (Å²) in [6.45, 7) is 6.28. The molecule has 94 valence electrons. The zero-order valence-electron chi connectivity index (χ0n) is 10.7. The van der Waals surface area contributed by atoms with Crippen molar-refractivity contribution in [3.63, 3.8) is 0 Å². The maximum absolute atomic E-state index is 11.6. The van der Waals surface area contributed by atoms with E-state index in [0.29, 0.717) is 18.4 Å². The van der Waals surface area contributed by atoms with Crippen LogP contribution in [0.1, 0.15) is 52.4 Å². The molecule has 0 aromatic carbocycles. The number of carbonyl (C=O) groups is 1. The largest absolute Gasteiger partial charge is 0.356 e. The average molecular weight is 226 g/mol. The molecule has 1 aliphatic heterocycles. The SMILES string of the molecule is CCC(C)CNC(=O)CCC1CCCCN1. The van der Waals surface area contributed by atoms with Crippen molar-refractivity contribution in [2.75, 3.05) is 13.1 Å². The summed E-state index contributed by atoms with van der Waals surface area (Å²) in [5, 5.41) is 6.48. The number of hydrogen-bond acceptors (Lipinski definition) is 2. The van der Waals surface area contributed by atoms with E-state index in [1.165, 1.54) is 19.3 Å². The summed E-state index contributed by atoms with van der Waals surface area (Å²) in [6.07, 6.45) is 6.63. The standard InChI is InChI=1S/C13H26N2O/c1-3-11(2)10-15-13(16)8-7-12-6-4-5-9-14-12/h11-12,14H,3-10H2,1-2H3,(H,15,16). The van der Waals surface area contributed by atoms with Gasteiger partial charge in [0.2, 0.25) is 5.91 Å². The molecule has 2 atom stereocenters. The van der Waals surface area contributed by atoms with Crippen molar-refractivity contribution in [2.24, 2.45) is 5.92 Å². The molecule has 0 radical (unpaired) electrons. The predicted octanol–water partition coefficient (Wildman–Crippen LogP) is 2.07. The van der Waals surface area contributed by atoms with Gasteiger partial charge >= 0.3 is 0 Å². The topological polar surface area (TPSA) is 41.1 Å². The Morgan fingerprint density at radius 1 is 1.50 bits per heavy atom. The Morgan fingerprint density at radius 2 is 2.31 bits per heavy atom. The highest BCUT2D eigenvalue weighted by atomic mass is 16.1. The third-order valence-electron chi connectivity index (χ3n) is 3.48. The third-order valence-corrected chi connectivity index (χ3v) is 3.48. The highest BCUT2D eigenvalue weighted by molar-refractivity contribution is 5.75. The quantitative estimate of drug-likeness (QED) is 0.728. The van der Waals surface area contributed by atoms with Gasteiger partial charge in [-0.25, -0.2) is 0 Å². The Labute approximate surface area is 99.4 Å². The first-order valence-corrected chi connectivity index (χ1v) is 6.72. The number of nitrogens with one attached hydrogen (secondary N) is 2. The van der Waals surface area contributed by atoms with Crippen LogP contribution in [0.15, 0.2) is 0 Å². The molecular formula is C13H26N2O. The number of hydrogen-bond donors (Lipinski definition) is 2. The van der Waals surface area contributed by atoms with Crippen LogP contribution in [-0.2, 0) is 4.79 Å². The Hall–Kier alpha value is -0.570. The van der Waals surface area contributed by atoms with Crippen LogP contribution in [-0.4, -0.2) is 25.0 Å². The molecule has 1 aliphatic rings. The van der Waals surface area contributed by atoms with E-state index >= 15 is 0 Å². The van der Waals surface area contributed by atoms with Crippen LogP contribution in [0.25, 0.3) is 0 Å². The van der Waals surface area contributed by atoms with E-state index in [2.05, 4.69) is 24.5 Å². The molecule has 3 nitrogen and oxygen atoms in total. The summed E-state index contributed by atoms with van der Waals surface area (Å²) in [6, 6.07) is 0.572. The van der Waals surface area contributed by atoms with Gasteiger partial charge in [0.25, 0.3) is 0 Å². The van der Waals surface area contributed by atoms with Gasteiger partial charge in [-0.05, 0) is 31.7 Å². The normalized spacial score (nSPS) is 22.8. The van der Waals surface area contributed by atoms with E-state index in [-0.39, 0.29) is 5.91 Å². The zero-order valence-corrected chi connectivity index (χ0v) is 10.7. The summed E-state index contributed by atoms with van der Waals surface area (Å²) in [7, 11) is 0. The second-order valence-electron chi connectivity index (χ2n) is 5.00. The Morgan fingerprint density at radius 3 is 2.94 bits per heavy atom. The number of piperidine rings is 1. The fourth-order valence-electron chi connectivity index (χ4n) is 2.00. The van der Waals surface area contributed by atoms with Crippen molar-refractivity contribution in [1.82, 2.24) is 10.6 Å². The van der Waals surface area contributed by atoms with Crippen molar-refractivity contribution >= 4 is 5.91 Å². The molecule has 0 aromatic heterocycles. The van der Waals surface area contributed by atoms with Crippen molar-refractivity contribution in [1.29, 1.82) is 0 Å². The van der Waals surface area contributed by atoms with E-state index in [1.54, 1.807) is 0 Å². The molecule has 16 heavy (non-hydrogen) atoms. The molecule has 0 aliphatic carbocycles. The third kappa shape index (κ3) is 5.50. The lowest BCUT2D eigenvalue weighted by molar-refractivity contribution is -0.121. The smallest absolute Gasteiger partial charge is 0.220 e. The van der Waals surface area contributed by atoms with Gasteiger partial charge in [0, 0.05) is 19.0 Å². The van der Waals surface area contributed by atoms with Crippen LogP contribution in [0.3, 0.4) is 0 Å². The van der Waals surface area contributed by atoms with Gasteiger partial charge in [0.1, 0.15) is 0 Å². The Bertz CT molecular complexity index is 200. The van der Waals surface area contributed by atoms with Crippen LogP contribution in [0, 0.1) is 5.92 Å². The maximum Gasteiger partial charge on any atom is 0.220 e. The first-order chi connectivity index (χ1) is 7.72. The van der Waals surface area contributed by atoms with Crippen molar-refractivity contribution in [3.8, 4) is 0 Å². The van der Waals surface area contributed by atoms with Gasteiger partial charge in [-0.1, -0.05) is 26.7 Å². The molecule has 2 N–H and O–H groups in total. The van der Waals surface area contributed by atoms with E-state index in [4.69, 9.17) is 0 Å². The highest BCUT2D eigenvalue weighted by Crippen LogP contribution is 2.11. The number of rotatable bonds is 6. The van der Waals surface area contributed by atoms with Gasteiger partial charge in [-0.2, -0.15) is 0 Å². The molecule has 1 heterocycles. The van der Waals surface area contributed by atoms with Crippen molar-refractivity contribution in [3.05, 3.63) is 0 Å². The highest BCUT2D eigenvalue weighted by Gasteiger charge is 2.13. The summed E-state index contributed by atoms with van der Waals surface area (Å²) in [5.74, 6) is 0.810. The molecule has 0 aromatic rings. The summed E-state index contributed by atoms with van der Waals surface area (Å²) >= 11 is 0. The fourth-order valence-corrected chi connectivity index (χ4v) is 2.00. The molecule has 1 rings (SSSR count). The molecule has 0 saturated carbocycles. The fraction of sp³-hybridized carbons (Fsp3) is 0.923. The predicted molar refractivity (Wildman–Crippen MR) is 67.3 cm³/mol. The number of carbonyl (C=O) groups excluding carboxylic acids is 1. The molecule has 2 unspecified atom stereocenters. The lowest BCUT2D eigenvalue weighted by Crippen LogP contribution is -2.36. The monoisotopic (exact) mass is 226 g/mol. The van der Waals surface area contributed by atoms with Crippen molar-refractivity contribution < 1.29 is 4.79 Å². The van der Waals surface area contributed by atoms with Crippen LogP contribution >= 0.6 is 0 Å². The minimum Gasteiger partial charge on any atom is -0.356 e. The Balaban J connectivity index is 2.05. The first-order valence-electron chi connectivity index (χ1n) is 6.72. The molecule has 3 heteroatoms. The van der Waals surface area contributed by atoms with Crippen LogP contribution < -0.4 is 10.6 Å². The van der Waals surface area contributed by atoms with Gasteiger partial charge < -0.3 is 10.6 Å². The molecule has 1 amide bonds. The van der Waals surface area contributed by atoms with Gasteiger partial charge in [0.15, 0.2) is 0 Å². The van der Waals surface area contributed by atoms with Crippen LogP contribution in [0.2, 0.25) is 0 Å². The minimum atomic E-state index is 0.215. The molecule has 1 saturated heterocycles. The number of amides is 1. The van der Waals surface area contributed by atoms with Gasteiger partial charge in [-0.15, -0.1) is 0 Å². The Kier molecular flexibility index (Phi) is 6.46. The summed E-state index contributed by atoms with van der Waals surface area (Å²) in [5.41, 5.74) is 0. The summed E-state index contributed by atoms with van der Waals surface area (Å²) < 4.78 is 0. The van der Waals surface area contributed by atoms with Crippen molar-refractivity contribution in [2.45, 2.75) is 58.4 Å². The second kappa shape index (κ2) is 7.66. The van der Waals surface area contributed by atoms with E-state index < -0.39 is 0 Å². The van der Waals surface area contributed by atoms with Crippen LogP contribution in [0.5, 0.6) is 0 Å². The van der Waals surface area contributed by atoms with E-state index in [1.807, 2.05) is 0 Å². The molecule has 0 bridgehead atoms. The molecular weight excluding hydrogens is 200 g/mol. The first kappa shape index (κ1) is 13.5.